The highest BCUT2D eigenvalue weighted by Crippen LogP contribution is 2.19. The summed E-state index contributed by atoms with van der Waals surface area (Å²) < 4.78 is 1.81. The fourth-order valence-electron chi connectivity index (χ4n) is 1.41. The summed E-state index contributed by atoms with van der Waals surface area (Å²) in [5.74, 6) is 0. The van der Waals surface area contributed by atoms with Crippen LogP contribution >= 0.6 is 12.2 Å². The van der Waals surface area contributed by atoms with Crippen molar-refractivity contribution in [3.8, 4) is 0 Å². The quantitative estimate of drug-likeness (QED) is 0.773. The third kappa shape index (κ3) is 2.92. The van der Waals surface area contributed by atoms with Gasteiger partial charge in [0.25, 0.3) is 0 Å². The monoisotopic (exact) mass is 224 g/mol. The number of nitrogens with zero attached hydrogens (tertiary/aromatic N) is 3. The molecule has 0 saturated heterocycles. The van der Waals surface area contributed by atoms with Crippen LogP contribution in [0.4, 0.5) is 0 Å². The van der Waals surface area contributed by atoms with Crippen LogP contribution in [0.15, 0.2) is 12.4 Å². The van der Waals surface area contributed by atoms with Crippen LogP contribution in [0.3, 0.4) is 0 Å². The van der Waals surface area contributed by atoms with Crippen LogP contribution < -0.4 is 5.32 Å². The van der Waals surface area contributed by atoms with E-state index in [2.05, 4.69) is 10.4 Å². The van der Waals surface area contributed by atoms with Crippen molar-refractivity contribution < 1.29 is 0 Å². The summed E-state index contributed by atoms with van der Waals surface area (Å²) in [5.41, 5.74) is 1.18. The molecular formula is C10H16N4S. The van der Waals surface area contributed by atoms with E-state index < -0.39 is 0 Å². The van der Waals surface area contributed by atoms with Crippen molar-refractivity contribution in [1.29, 1.82) is 0 Å². The van der Waals surface area contributed by atoms with Gasteiger partial charge in [0, 0.05) is 38.4 Å². The van der Waals surface area contributed by atoms with E-state index in [9.17, 15) is 0 Å². The van der Waals surface area contributed by atoms with Crippen molar-refractivity contribution in [3.05, 3.63) is 18.0 Å². The Kier molecular flexibility index (Phi) is 2.90. The molecule has 0 aromatic carbocycles. The Hall–Kier alpha value is -1.10. The Bertz CT molecular complexity index is 356. The molecule has 4 nitrogen and oxygen atoms in total. The molecular weight excluding hydrogens is 208 g/mol. The third-order valence-corrected chi connectivity index (χ3v) is 2.86. The van der Waals surface area contributed by atoms with Crippen molar-refractivity contribution in [2.45, 2.75) is 25.4 Å². The van der Waals surface area contributed by atoms with Crippen molar-refractivity contribution >= 4 is 17.3 Å². The van der Waals surface area contributed by atoms with Crippen LogP contribution in [0, 0.1) is 0 Å². The van der Waals surface area contributed by atoms with Crippen LogP contribution in [0.1, 0.15) is 18.4 Å². The van der Waals surface area contributed by atoms with Gasteiger partial charge in [-0.1, -0.05) is 0 Å². The highest BCUT2D eigenvalue weighted by molar-refractivity contribution is 7.80. The van der Waals surface area contributed by atoms with E-state index in [4.69, 9.17) is 12.2 Å². The standard InChI is InChI=1S/C10H16N4S/c1-13(10(15)12-9-3-4-9)6-8-5-11-14(2)7-8/h5,7,9H,3-4,6H2,1-2H3,(H,12,15). The first-order chi connectivity index (χ1) is 7.15. The molecule has 0 radical (unpaired) electrons. The van der Waals surface area contributed by atoms with Gasteiger partial charge in [0.15, 0.2) is 5.11 Å². The second-order valence-electron chi connectivity index (χ2n) is 4.10. The van der Waals surface area contributed by atoms with Crippen molar-refractivity contribution in [2.24, 2.45) is 7.05 Å². The summed E-state index contributed by atoms with van der Waals surface area (Å²) in [6.45, 7) is 0.812. The van der Waals surface area contributed by atoms with Crippen LogP contribution in [0.25, 0.3) is 0 Å². The first-order valence-corrected chi connectivity index (χ1v) is 5.55. The lowest BCUT2D eigenvalue weighted by Gasteiger charge is -2.20. The molecule has 1 heterocycles. The summed E-state index contributed by atoms with van der Waals surface area (Å²) in [5, 5.41) is 8.27. The van der Waals surface area contributed by atoms with E-state index in [-0.39, 0.29) is 0 Å². The second-order valence-corrected chi connectivity index (χ2v) is 4.49. The van der Waals surface area contributed by atoms with Gasteiger partial charge in [-0.3, -0.25) is 4.68 Å². The Balaban J connectivity index is 1.84. The number of hydrogen-bond donors (Lipinski definition) is 1. The Labute approximate surface area is 95.3 Å². The van der Waals surface area contributed by atoms with Gasteiger partial charge in [-0.05, 0) is 25.1 Å². The van der Waals surface area contributed by atoms with E-state index >= 15 is 0 Å². The number of aromatic nitrogens is 2. The van der Waals surface area contributed by atoms with Gasteiger partial charge >= 0.3 is 0 Å². The van der Waals surface area contributed by atoms with E-state index in [1.165, 1.54) is 18.4 Å². The average Bonchev–Trinajstić information content (AvgIpc) is 2.90. The smallest absolute Gasteiger partial charge is 0.169 e. The molecule has 2 rings (SSSR count). The fraction of sp³-hybridized carbons (Fsp3) is 0.600. The van der Waals surface area contributed by atoms with Gasteiger partial charge < -0.3 is 10.2 Å². The van der Waals surface area contributed by atoms with Crippen molar-refractivity contribution in [3.63, 3.8) is 0 Å². The molecule has 1 aromatic rings. The summed E-state index contributed by atoms with van der Waals surface area (Å²) in [4.78, 5) is 2.05. The van der Waals surface area contributed by atoms with E-state index in [0.29, 0.717) is 6.04 Å². The first-order valence-electron chi connectivity index (χ1n) is 5.14. The van der Waals surface area contributed by atoms with Crippen LogP contribution in [0.2, 0.25) is 0 Å². The Morgan fingerprint density at radius 1 is 1.73 bits per heavy atom. The number of thiocarbonyl (C=S) groups is 1. The van der Waals surface area contributed by atoms with Crippen LogP contribution in [0.5, 0.6) is 0 Å². The molecule has 0 atom stereocenters. The first kappa shape index (κ1) is 10.4. The SMILES string of the molecule is CN(Cc1cnn(C)c1)C(=S)NC1CC1. The lowest BCUT2D eigenvalue weighted by atomic mass is 10.3. The normalized spacial score (nSPS) is 15.1. The molecule has 1 aromatic heterocycles. The number of nitrogens with one attached hydrogen (secondary N) is 1. The molecule has 0 bridgehead atoms. The summed E-state index contributed by atoms with van der Waals surface area (Å²) in [6, 6.07) is 0.619. The van der Waals surface area contributed by atoms with Crippen LogP contribution in [-0.4, -0.2) is 32.9 Å². The predicted octanol–water partition coefficient (Wildman–Crippen LogP) is 0.889. The minimum absolute atomic E-state index is 0.619. The zero-order chi connectivity index (χ0) is 10.8. The summed E-state index contributed by atoms with van der Waals surface area (Å²) in [7, 11) is 3.93. The zero-order valence-electron chi connectivity index (χ0n) is 9.10. The molecule has 82 valence electrons. The van der Waals surface area contributed by atoms with Gasteiger partial charge in [0.2, 0.25) is 0 Å². The van der Waals surface area contributed by atoms with Gasteiger partial charge in [-0.25, -0.2) is 0 Å². The van der Waals surface area contributed by atoms with Gasteiger partial charge in [-0.2, -0.15) is 5.10 Å². The molecule has 5 heteroatoms. The topological polar surface area (TPSA) is 33.1 Å². The lowest BCUT2D eigenvalue weighted by Crippen LogP contribution is -2.37. The maximum Gasteiger partial charge on any atom is 0.169 e. The second kappa shape index (κ2) is 4.18. The molecule has 1 aliphatic rings. The largest absolute Gasteiger partial charge is 0.360 e. The number of aryl methyl sites for hydroxylation is 1. The van der Waals surface area contributed by atoms with Crippen molar-refractivity contribution in [2.75, 3.05) is 7.05 Å². The maximum atomic E-state index is 5.29. The van der Waals surface area contributed by atoms with Crippen molar-refractivity contribution in [1.82, 2.24) is 20.0 Å². The Morgan fingerprint density at radius 2 is 2.47 bits per heavy atom. The maximum absolute atomic E-state index is 5.29. The predicted molar refractivity (Wildman–Crippen MR) is 63.4 cm³/mol. The van der Waals surface area contributed by atoms with E-state index in [1.807, 2.05) is 31.4 Å². The summed E-state index contributed by atoms with van der Waals surface area (Å²) >= 11 is 5.29. The molecule has 0 aliphatic heterocycles. The van der Waals surface area contributed by atoms with E-state index in [0.717, 1.165) is 11.7 Å². The van der Waals surface area contributed by atoms with Gasteiger partial charge in [-0.15, -0.1) is 0 Å². The van der Waals surface area contributed by atoms with Gasteiger partial charge in [0.1, 0.15) is 0 Å². The summed E-state index contributed by atoms with van der Waals surface area (Å²) in [6.07, 6.45) is 6.38. The Morgan fingerprint density at radius 3 is 3.00 bits per heavy atom. The molecule has 0 spiro atoms. The molecule has 0 unspecified atom stereocenters. The molecule has 1 saturated carbocycles. The minimum atomic E-state index is 0.619. The van der Waals surface area contributed by atoms with E-state index in [1.54, 1.807) is 4.68 Å². The average molecular weight is 224 g/mol. The number of hydrogen-bond acceptors (Lipinski definition) is 2. The number of rotatable bonds is 3. The highest BCUT2D eigenvalue weighted by Gasteiger charge is 2.22. The molecule has 0 amide bonds. The highest BCUT2D eigenvalue weighted by atomic mass is 32.1. The lowest BCUT2D eigenvalue weighted by molar-refractivity contribution is 0.488. The molecule has 1 N–H and O–H groups in total. The third-order valence-electron chi connectivity index (χ3n) is 2.43. The minimum Gasteiger partial charge on any atom is -0.360 e. The molecule has 15 heavy (non-hydrogen) atoms. The fourth-order valence-corrected chi connectivity index (χ4v) is 1.64. The van der Waals surface area contributed by atoms with Crippen LogP contribution in [-0.2, 0) is 13.6 Å². The molecule has 1 aliphatic carbocycles. The molecule has 1 fully saturated rings. The van der Waals surface area contributed by atoms with Gasteiger partial charge in [0.05, 0.1) is 6.20 Å². The zero-order valence-corrected chi connectivity index (χ0v) is 9.92.